The Morgan fingerprint density at radius 2 is 1.87 bits per heavy atom. The molecule has 0 fully saturated rings. The van der Waals surface area contributed by atoms with Gasteiger partial charge in [0, 0.05) is 18.8 Å². The van der Waals surface area contributed by atoms with Crippen LogP contribution in [-0.2, 0) is 12.8 Å². The minimum absolute atomic E-state index is 0.712. The summed E-state index contributed by atoms with van der Waals surface area (Å²) >= 11 is 0. The molecule has 4 heteroatoms. The number of aromatic nitrogens is 3. The lowest BCUT2D eigenvalue weighted by Crippen LogP contribution is -1.94. The van der Waals surface area contributed by atoms with Crippen LogP contribution in [0.25, 0.3) is 16.7 Å². The maximum Gasteiger partial charge on any atom is 0.192 e. The number of imidazole rings is 1. The number of fused-ring (bicyclic) bond motifs is 2. The molecule has 0 bridgehead atoms. The highest BCUT2D eigenvalue weighted by Gasteiger charge is 2.09. The van der Waals surface area contributed by atoms with Crippen molar-refractivity contribution in [2.75, 3.05) is 0 Å². The zero-order valence-electron chi connectivity index (χ0n) is 13.6. The zero-order valence-corrected chi connectivity index (χ0v) is 13.6. The van der Waals surface area contributed by atoms with E-state index in [9.17, 15) is 0 Å². The van der Waals surface area contributed by atoms with Gasteiger partial charge in [0.1, 0.15) is 11.2 Å². The van der Waals surface area contributed by atoms with Crippen LogP contribution in [0.1, 0.15) is 28.4 Å². The first-order chi connectivity index (χ1) is 11.1. The Hall–Kier alpha value is -2.62. The molecule has 0 spiro atoms. The Labute approximate surface area is 134 Å². The molecule has 0 aliphatic rings. The highest BCUT2D eigenvalue weighted by molar-refractivity contribution is 5.73. The molecule has 0 unspecified atom stereocenters. The van der Waals surface area contributed by atoms with Gasteiger partial charge < -0.3 is 8.82 Å². The lowest BCUT2D eigenvalue weighted by atomic mass is 10.1. The van der Waals surface area contributed by atoms with E-state index in [0.29, 0.717) is 5.89 Å². The van der Waals surface area contributed by atoms with Crippen LogP contribution >= 0.6 is 0 Å². The highest BCUT2D eigenvalue weighted by Crippen LogP contribution is 2.19. The number of benzene rings is 1. The number of nitrogens with zero attached hydrogens (tertiary/aromatic N) is 3. The summed E-state index contributed by atoms with van der Waals surface area (Å²) in [6.45, 7) is 6.10. The Kier molecular flexibility index (Phi) is 3.18. The molecule has 4 rings (SSSR count). The van der Waals surface area contributed by atoms with Gasteiger partial charge in [-0.05, 0) is 62.1 Å². The van der Waals surface area contributed by atoms with E-state index in [1.807, 2.05) is 13.0 Å². The average molecular weight is 305 g/mol. The van der Waals surface area contributed by atoms with Crippen LogP contribution in [0.4, 0.5) is 0 Å². The standard InChI is InChI=1S/C19H19N3O/c1-12-8-9-22-13(2)16(21-19(22)10-12)6-4-15-5-7-17-18(11-15)23-14(3)20-17/h5,7-11H,4,6H2,1-3H3. The van der Waals surface area contributed by atoms with Gasteiger partial charge in [-0.3, -0.25) is 0 Å². The maximum absolute atomic E-state index is 5.61. The van der Waals surface area contributed by atoms with Crippen LogP contribution in [-0.4, -0.2) is 14.4 Å². The molecule has 0 aliphatic carbocycles. The van der Waals surface area contributed by atoms with Crippen LogP contribution < -0.4 is 0 Å². The monoisotopic (exact) mass is 305 g/mol. The molecule has 0 amide bonds. The number of aryl methyl sites for hydroxylation is 5. The van der Waals surface area contributed by atoms with Crippen molar-refractivity contribution in [2.24, 2.45) is 0 Å². The molecule has 0 saturated heterocycles. The van der Waals surface area contributed by atoms with Crippen LogP contribution in [0.2, 0.25) is 0 Å². The van der Waals surface area contributed by atoms with Crippen molar-refractivity contribution in [1.29, 1.82) is 0 Å². The largest absolute Gasteiger partial charge is 0.441 e. The number of hydrogen-bond acceptors (Lipinski definition) is 3. The summed E-state index contributed by atoms with van der Waals surface area (Å²) in [5.41, 5.74) is 7.68. The molecular weight excluding hydrogens is 286 g/mol. The quantitative estimate of drug-likeness (QED) is 0.570. The summed E-state index contributed by atoms with van der Waals surface area (Å²) in [5.74, 6) is 0.712. The molecule has 4 nitrogen and oxygen atoms in total. The van der Waals surface area contributed by atoms with Crippen molar-refractivity contribution in [1.82, 2.24) is 14.4 Å². The Bertz CT molecular complexity index is 1010. The normalized spacial score (nSPS) is 11.6. The summed E-state index contributed by atoms with van der Waals surface area (Å²) in [6.07, 6.45) is 3.96. The van der Waals surface area contributed by atoms with Crippen molar-refractivity contribution in [2.45, 2.75) is 33.6 Å². The summed E-state index contributed by atoms with van der Waals surface area (Å²) in [4.78, 5) is 9.12. The van der Waals surface area contributed by atoms with E-state index in [-0.39, 0.29) is 0 Å². The predicted octanol–water partition coefficient (Wildman–Crippen LogP) is 4.19. The van der Waals surface area contributed by atoms with E-state index in [1.165, 1.54) is 16.8 Å². The summed E-state index contributed by atoms with van der Waals surface area (Å²) in [7, 11) is 0. The number of rotatable bonds is 3. The number of pyridine rings is 1. The average Bonchev–Trinajstić information content (AvgIpc) is 3.03. The van der Waals surface area contributed by atoms with Crippen molar-refractivity contribution in [3.05, 3.63) is 64.9 Å². The van der Waals surface area contributed by atoms with Gasteiger partial charge in [0.25, 0.3) is 0 Å². The molecule has 23 heavy (non-hydrogen) atoms. The van der Waals surface area contributed by atoms with Gasteiger partial charge in [-0.2, -0.15) is 0 Å². The van der Waals surface area contributed by atoms with Crippen LogP contribution in [0, 0.1) is 20.8 Å². The lowest BCUT2D eigenvalue weighted by Gasteiger charge is -2.01. The SMILES string of the molecule is Cc1ccn2c(C)c(CCc3ccc4nc(C)oc4c3)nc2c1. The Morgan fingerprint density at radius 1 is 1.00 bits per heavy atom. The fourth-order valence-electron chi connectivity index (χ4n) is 3.06. The number of hydrogen-bond donors (Lipinski definition) is 0. The van der Waals surface area contributed by atoms with Crippen molar-refractivity contribution in [3.63, 3.8) is 0 Å². The minimum atomic E-state index is 0.712. The third-order valence-electron chi connectivity index (χ3n) is 4.33. The van der Waals surface area contributed by atoms with Crippen molar-refractivity contribution < 1.29 is 4.42 Å². The fourth-order valence-corrected chi connectivity index (χ4v) is 3.06. The molecule has 0 aliphatic heterocycles. The van der Waals surface area contributed by atoms with E-state index in [0.717, 1.165) is 35.3 Å². The Morgan fingerprint density at radius 3 is 2.74 bits per heavy atom. The van der Waals surface area contributed by atoms with Gasteiger partial charge in [-0.1, -0.05) is 6.07 Å². The first kappa shape index (κ1) is 14.0. The van der Waals surface area contributed by atoms with Crippen molar-refractivity contribution >= 4 is 16.7 Å². The summed E-state index contributed by atoms with van der Waals surface area (Å²) < 4.78 is 7.77. The second-order valence-corrected chi connectivity index (χ2v) is 6.11. The third kappa shape index (κ3) is 2.50. The van der Waals surface area contributed by atoms with Crippen LogP contribution in [0.3, 0.4) is 0 Å². The molecule has 0 saturated carbocycles. The van der Waals surface area contributed by atoms with E-state index >= 15 is 0 Å². The van der Waals surface area contributed by atoms with Gasteiger partial charge in [-0.25, -0.2) is 9.97 Å². The maximum atomic E-state index is 5.61. The van der Waals surface area contributed by atoms with Gasteiger partial charge in [0.05, 0.1) is 5.69 Å². The first-order valence-electron chi connectivity index (χ1n) is 7.90. The third-order valence-corrected chi connectivity index (χ3v) is 4.33. The molecule has 4 aromatic rings. The van der Waals surface area contributed by atoms with E-state index in [2.05, 4.69) is 53.7 Å². The fraction of sp³-hybridized carbons (Fsp3) is 0.263. The van der Waals surface area contributed by atoms with Gasteiger partial charge in [0.15, 0.2) is 11.5 Å². The topological polar surface area (TPSA) is 43.3 Å². The van der Waals surface area contributed by atoms with Crippen LogP contribution in [0.15, 0.2) is 40.9 Å². The zero-order chi connectivity index (χ0) is 16.0. The second-order valence-electron chi connectivity index (χ2n) is 6.11. The Balaban J connectivity index is 1.61. The first-order valence-corrected chi connectivity index (χ1v) is 7.90. The molecule has 0 radical (unpaired) electrons. The van der Waals surface area contributed by atoms with E-state index < -0.39 is 0 Å². The predicted molar refractivity (Wildman–Crippen MR) is 90.8 cm³/mol. The molecule has 3 aromatic heterocycles. The number of oxazole rings is 1. The van der Waals surface area contributed by atoms with Gasteiger partial charge >= 0.3 is 0 Å². The van der Waals surface area contributed by atoms with Gasteiger partial charge in [-0.15, -0.1) is 0 Å². The molecular formula is C19H19N3O. The summed E-state index contributed by atoms with van der Waals surface area (Å²) in [6, 6.07) is 10.5. The minimum Gasteiger partial charge on any atom is -0.441 e. The smallest absolute Gasteiger partial charge is 0.192 e. The molecule has 0 atom stereocenters. The van der Waals surface area contributed by atoms with E-state index in [1.54, 1.807) is 0 Å². The second kappa shape index (κ2) is 5.23. The molecule has 0 N–H and O–H groups in total. The molecule has 3 heterocycles. The molecule has 116 valence electrons. The van der Waals surface area contributed by atoms with Crippen LogP contribution in [0.5, 0.6) is 0 Å². The molecule has 1 aromatic carbocycles. The summed E-state index contributed by atoms with van der Waals surface area (Å²) in [5, 5.41) is 0. The highest BCUT2D eigenvalue weighted by atomic mass is 16.3. The van der Waals surface area contributed by atoms with Gasteiger partial charge in [0.2, 0.25) is 0 Å². The van der Waals surface area contributed by atoms with E-state index in [4.69, 9.17) is 9.40 Å². The lowest BCUT2D eigenvalue weighted by molar-refractivity contribution is 0.560. The van der Waals surface area contributed by atoms with Crippen molar-refractivity contribution in [3.8, 4) is 0 Å².